The normalized spacial score (nSPS) is 26.7. The Morgan fingerprint density at radius 3 is 2.73 bits per heavy atom. The molecule has 26 heavy (non-hydrogen) atoms. The van der Waals surface area contributed by atoms with Crippen molar-refractivity contribution in [3.8, 4) is 0 Å². The summed E-state index contributed by atoms with van der Waals surface area (Å²) in [6, 6.07) is 4.44. The minimum absolute atomic E-state index is 0.0953. The Kier molecular flexibility index (Phi) is 5.04. The number of rotatable bonds is 4. The number of hydrogen-bond donors (Lipinski definition) is 0. The third kappa shape index (κ3) is 4.03. The molecule has 0 N–H and O–H groups in total. The molecule has 2 atom stereocenters. The molecule has 1 saturated carbocycles. The number of halogens is 2. The molecule has 0 spiro atoms. The Morgan fingerprint density at radius 1 is 1.31 bits per heavy atom. The van der Waals surface area contributed by atoms with Crippen LogP contribution in [0.2, 0.25) is 5.02 Å². The molecule has 1 aliphatic carbocycles. The highest BCUT2D eigenvalue weighted by Crippen LogP contribution is 2.52. The van der Waals surface area contributed by atoms with Crippen LogP contribution >= 0.6 is 11.6 Å². The molecule has 142 valence electrons. The van der Waals surface area contributed by atoms with Gasteiger partial charge in [-0.15, -0.1) is 0 Å². The molecule has 0 radical (unpaired) electrons. The van der Waals surface area contributed by atoms with Gasteiger partial charge in [-0.1, -0.05) is 38.4 Å². The standard InChI is InChI=1S/C20H25ClFNO3/c1-19(2)8-13-9-20(3,11-19)12-23(13)17(24)10-26-18(25)7-14-15(21)5-4-6-16(14)22/h4-6,13H,7-12H2,1-3H3/t13-,20-/m1/s1. The van der Waals surface area contributed by atoms with Gasteiger partial charge in [-0.25, -0.2) is 4.39 Å². The Labute approximate surface area is 158 Å². The van der Waals surface area contributed by atoms with Gasteiger partial charge < -0.3 is 9.64 Å². The van der Waals surface area contributed by atoms with E-state index in [-0.39, 0.29) is 46.4 Å². The highest BCUT2D eigenvalue weighted by atomic mass is 35.5. The summed E-state index contributed by atoms with van der Waals surface area (Å²) in [7, 11) is 0. The number of likely N-dealkylation sites (tertiary alicyclic amines) is 1. The molecule has 1 heterocycles. The maximum absolute atomic E-state index is 13.8. The van der Waals surface area contributed by atoms with Gasteiger partial charge in [-0.05, 0) is 42.2 Å². The highest BCUT2D eigenvalue weighted by molar-refractivity contribution is 6.31. The lowest BCUT2D eigenvalue weighted by Gasteiger charge is -2.39. The van der Waals surface area contributed by atoms with Crippen molar-refractivity contribution in [1.29, 1.82) is 0 Å². The average Bonchev–Trinajstić information content (AvgIpc) is 2.77. The fourth-order valence-corrected chi connectivity index (χ4v) is 5.10. The van der Waals surface area contributed by atoms with E-state index in [0.29, 0.717) is 6.54 Å². The Hall–Kier alpha value is -1.62. The first kappa shape index (κ1) is 19.2. The van der Waals surface area contributed by atoms with Gasteiger partial charge in [0, 0.05) is 23.2 Å². The lowest BCUT2D eigenvalue weighted by molar-refractivity contribution is -0.152. The van der Waals surface area contributed by atoms with Crippen LogP contribution in [0.5, 0.6) is 0 Å². The summed E-state index contributed by atoms with van der Waals surface area (Å²) in [5.74, 6) is -1.38. The fraction of sp³-hybridized carbons (Fsp3) is 0.600. The minimum atomic E-state index is -0.654. The first-order chi connectivity index (χ1) is 12.1. The summed E-state index contributed by atoms with van der Waals surface area (Å²) in [5, 5.41) is 0.178. The lowest BCUT2D eigenvalue weighted by Crippen LogP contribution is -2.40. The van der Waals surface area contributed by atoms with E-state index >= 15 is 0 Å². The molecule has 0 unspecified atom stereocenters. The molecule has 3 rings (SSSR count). The second-order valence-corrected chi connectivity index (χ2v) is 9.18. The van der Waals surface area contributed by atoms with Crippen LogP contribution in [0.1, 0.15) is 45.6 Å². The van der Waals surface area contributed by atoms with E-state index in [9.17, 15) is 14.0 Å². The third-order valence-electron chi connectivity index (χ3n) is 5.47. The summed E-state index contributed by atoms with van der Waals surface area (Å²) < 4.78 is 18.9. The van der Waals surface area contributed by atoms with Gasteiger partial charge in [0.25, 0.3) is 5.91 Å². The molecule has 1 amide bonds. The molecule has 1 saturated heterocycles. The predicted molar refractivity (Wildman–Crippen MR) is 97.3 cm³/mol. The largest absolute Gasteiger partial charge is 0.455 e. The number of fused-ring (bicyclic) bond motifs is 2. The van der Waals surface area contributed by atoms with Crippen molar-refractivity contribution < 1.29 is 18.7 Å². The summed E-state index contributed by atoms with van der Waals surface area (Å²) in [4.78, 5) is 26.5. The van der Waals surface area contributed by atoms with Gasteiger partial charge in [-0.2, -0.15) is 0 Å². The molecule has 1 aromatic carbocycles. The van der Waals surface area contributed by atoms with Crippen LogP contribution in [-0.2, 0) is 20.7 Å². The van der Waals surface area contributed by atoms with Crippen molar-refractivity contribution in [2.75, 3.05) is 13.2 Å². The van der Waals surface area contributed by atoms with Gasteiger partial charge in [0.2, 0.25) is 0 Å². The zero-order chi connectivity index (χ0) is 19.1. The van der Waals surface area contributed by atoms with Crippen molar-refractivity contribution in [3.63, 3.8) is 0 Å². The van der Waals surface area contributed by atoms with Gasteiger partial charge in [0.05, 0.1) is 6.42 Å². The average molecular weight is 382 g/mol. The van der Waals surface area contributed by atoms with Gasteiger partial charge >= 0.3 is 5.97 Å². The SMILES string of the molecule is CC1(C)C[C@@H]2C[C@@](C)(CN2C(=O)COC(=O)Cc2c(F)cccc2Cl)C1. The predicted octanol–water partition coefficient (Wildman–Crippen LogP) is 3.99. The lowest BCUT2D eigenvalue weighted by atomic mass is 9.65. The summed E-state index contributed by atoms with van der Waals surface area (Å²) in [6.07, 6.45) is 2.77. The first-order valence-corrected chi connectivity index (χ1v) is 9.34. The number of carbonyl (C=O) groups is 2. The van der Waals surface area contributed by atoms with E-state index in [2.05, 4.69) is 20.8 Å². The number of amides is 1. The topological polar surface area (TPSA) is 46.6 Å². The summed E-state index contributed by atoms with van der Waals surface area (Å²) in [6.45, 7) is 7.10. The Morgan fingerprint density at radius 2 is 2.04 bits per heavy atom. The van der Waals surface area contributed by atoms with E-state index < -0.39 is 11.8 Å². The molecule has 0 aromatic heterocycles. The van der Waals surface area contributed by atoms with Crippen LogP contribution in [0.4, 0.5) is 4.39 Å². The van der Waals surface area contributed by atoms with Crippen molar-refractivity contribution in [2.45, 2.75) is 52.5 Å². The quantitative estimate of drug-likeness (QED) is 0.741. The number of carbonyl (C=O) groups excluding carboxylic acids is 2. The zero-order valence-electron chi connectivity index (χ0n) is 15.5. The van der Waals surface area contributed by atoms with Crippen molar-refractivity contribution >= 4 is 23.5 Å². The molecule has 4 nitrogen and oxygen atoms in total. The molecule has 6 heteroatoms. The van der Waals surface area contributed by atoms with Crippen LogP contribution in [0.15, 0.2) is 18.2 Å². The van der Waals surface area contributed by atoms with Crippen LogP contribution in [0, 0.1) is 16.6 Å². The monoisotopic (exact) mass is 381 g/mol. The Bertz CT molecular complexity index is 716. The highest BCUT2D eigenvalue weighted by Gasteiger charge is 2.50. The van der Waals surface area contributed by atoms with E-state index in [0.717, 1.165) is 19.3 Å². The third-order valence-corrected chi connectivity index (χ3v) is 5.83. The van der Waals surface area contributed by atoms with E-state index in [1.54, 1.807) is 0 Å². The minimum Gasteiger partial charge on any atom is -0.455 e. The number of nitrogens with zero attached hydrogens (tertiary/aromatic N) is 1. The molecule has 1 aliphatic heterocycles. The number of esters is 1. The van der Waals surface area contributed by atoms with Crippen molar-refractivity contribution in [3.05, 3.63) is 34.6 Å². The van der Waals surface area contributed by atoms with E-state index in [1.165, 1.54) is 18.2 Å². The molecule has 1 aromatic rings. The fourth-order valence-electron chi connectivity index (χ4n) is 4.87. The molecule has 2 fully saturated rings. The first-order valence-electron chi connectivity index (χ1n) is 8.97. The number of ether oxygens (including phenoxy) is 1. The van der Waals surface area contributed by atoms with E-state index in [4.69, 9.17) is 16.3 Å². The van der Waals surface area contributed by atoms with E-state index in [1.807, 2.05) is 4.90 Å². The van der Waals surface area contributed by atoms with Crippen LogP contribution in [0.25, 0.3) is 0 Å². The van der Waals surface area contributed by atoms with Gasteiger partial charge in [0.15, 0.2) is 6.61 Å². The molecule has 2 aliphatic rings. The maximum Gasteiger partial charge on any atom is 0.310 e. The van der Waals surface area contributed by atoms with Crippen LogP contribution in [-0.4, -0.2) is 36.0 Å². The van der Waals surface area contributed by atoms with Gasteiger partial charge in [0.1, 0.15) is 5.82 Å². The second-order valence-electron chi connectivity index (χ2n) is 8.77. The second kappa shape index (κ2) is 6.84. The number of hydrogen-bond acceptors (Lipinski definition) is 3. The van der Waals surface area contributed by atoms with Crippen LogP contribution in [0.3, 0.4) is 0 Å². The molecule has 2 bridgehead atoms. The summed E-state index contributed by atoms with van der Waals surface area (Å²) in [5.41, 5.74) is 0.440. The number of benzene rings is 1. The Balaban J connectivity index is 1.57. The summed E-state index contributed by atoms with van der Waals surface area (Å²) >= 11 is 5.92. The smallest absolute Gasteiger partial charge is 0.310 e. The zero-order valence-corrected chi connectivity index (χ0v) is 16.2. The van der Waals surface area contributed by atoms with Gasteiger partial charge in [-0.3, -0.25) is 9.59 Å². The molecular weight excluding hydrogens is 357 g/mol. The van der Waals surface area contributed by atoms with Crippen LogP contribution < -0.4 is 0 Å². The molecular formula is C20H25ClFNO3. The van der Waals surface area contributed by atoms with Crippen molar-refractivity contribution in [2.24, 2.45) is 10.8 Å². The maximum atomic E-state index is 13.8. The van der Waals surface area contributed by atoms with Crippen molar-refractivity contribution in [1.82, 2.24) is 4.90 Å².